The molecule has 1 aromatic heterocycles. The summed E-state index contributed by atoms with van der Waals surface area (Å²) in [6, 6.07) is 11.1. The molecule has 1 amide bonds. The normalized spacial score (nSPS) is 12.6. The van der Waals surface area contributed by atoms with E-state index in [1.807, 2.05) is 6.07 Å². The molecule has 27 heavy (non-hydrogen) atoms. The zero-order valence-corrected chi connectivity index (χ0v) is 14.1. The number of para-hydroxylation sites is 1. The van der Waals surface area contributed by atoms with Crippen LogP contribution in [0.1, 0.15) is 22.8 Å². The maximum absolute atomic E-state index is 12.6. The van der Waals surface area contributed by atoms with Gasteiger partial charge in [-0.1, -0.05) is 18.2 Å². The Morgan fingerprint density at radius 1 is 1.07 bits per heavy atom. The number of fused-ring (bicyclic) bond motifs is 1. The second-order valence-corrected chi connectivity index (χ2v) is 5.86. The second-order valence-electron chi connectivity index (χ2n) is 5.86. The maximum Gasteiger partial charge on any atom is 0.416 e. The second kappa shape index (κ2) is 7.14. The molecule has 0 aliphatic heterocycles. The molecule has 8 heteroatoms. The van der Waals surface area contributed by atoms with Crippen molar-refractivity contribution in [2.24, 2.45) is 0 Å². The van der Waals surface area contributed by atoms with E-state index in [0.717, 1.165) is 29.8 Å². The molecule has 0 saturated carbocycles. The number of aromatic nitrogens is 1. The lowest BCUT2D eigenvalue weighted by Crippen LogP contribution is -2.30. The van der Waals surface area contributed by atoms with Gasteiger partial charge in [-0.15, -0.1) is 0 Å². The molecule has 0 aliphatic rings. The van der Waals surface area contributed by atoms with E-state index in [4.69, 9.17) is 4.74 Å². The molecule has 1 heterocycles. The molecule has 5 nitrogen and oxygen atoms in total. The summed E-state index contributed by atoms with van der Waals surface area (Å²) in [6.07, 6.45) is -4.09. The number of esters is 1. The third-order valence-corrected chi connectivity index (χ3v) is 3.94. The smallest absolute Gasteiger partial charge is 0.416 e. The summed E-state index contributed by atoms with van der Waals surface area (Å²) in [5, 5.41) is 3.08. The Bertz CT molecular complexity index is 978. The molecule has 140 valence electrons. The number of nitrogens with one attached hydrogen (secondary N) is 2. The highest BCUT2D eigenvalue weighted by Crippen LogP contribution is 2.29. The van der Waals surface area contributed by atoms with Crippen LogP contribution in [0.5, 0.6) is 0 Å². The van der Waals surface area contributed by atoms with Crippen molar-refractivity contribution in [1.29, 1.82) is 0 Å². The van der Waals surface area contributed by atoms with E-state index < -0.39 is 29.7 Å². The van der Waals surface area contributed by atoms with E-state index in [1.165, 1.54) is 13.1 Å². The average molecular weight is 376 g/mol. The van der Waals surface area contributed by atoms with Crippen molar-refractivity contribution in [2.75, 3.05) is 5.32 Å². The fourth-order valence-electron chi connectivity index (χ4n) is 2.50. The molecule has 2 aromatic carbocycles. The molecule has 0 saturated heterocycles. The Balaban J connectivity index is 1.64. The quantitative estimate of drug-likeness (QED) is 0.664. The molecular weight excluding hydrogens is 361 g/mol. The van der Waals surface area contributed by atoms with Crippen LogP contribution in [-0.2, 0) is 15.7 Å². The first kappa shape index (κ1) is 18.5. The summed E-state index contributed by atoms with van der Waals surface area (Å²) in [5.41, 5.74) is 0.397. The largest absolute Gasteiger partial charge is 0.449 e. The van der Waals surface area contributed by atoms with Crippen molar-refractivity contribution < 1.29 is 27.5 Å². The molecule has 0 spiro atoms. The van der Waals surface area contributed by atoms with Crippen LogP contribution in [-0.4, -0.2) is 23.0 Å². The number of aromatic amines is 1. The first-order valence-electron chi connectivity index (χ1n) is 8.01. The van der Waals surface area contributed by atoms with E-state index >= 15 is 0 Å². The number of H-pyrrole nitrogens is 1. The van der Waals surface area contributed by atoms with Gasteiger partial charge in [0.1, 0.15) is 0 Å². The van der Waals surface area contributed by atoms with Crippen molar-refractivity contribution in [3.63, 3.8) is 0 Å². The van der Waals surface area contributed by atoms with Gasteiger partial charge in [-0.3, -0.25) is 4.79 Å². The van der Waals surface area contributed by atoms with Crippen molar-refractivity contribution in [3.8, 4) is 0 Å². The first-order valence-corrected chi connectivity index (χ1v) is 8.01. The highest BCUT2D eigenvalue weighted by Gasteiger charge is 2.30. The zero-order chi connectivity index (χ0) is 19.6. The van der Waals surface area contributed by atoms with E-state index in [0.29, 0.717) is 10.9 Å². The number of carbonyl (C=O) groups is 2. The Morgan fingerprint density at radius 2 is 1.74 bits per heavy atom. The van der Waals surface area contributed by atoms with Crippen LogP contribution in [0.3, 0.4) is 0 Å². The Labute approximate surface area is 152 Å². The summed E-state index contributed by atoms with van der Waals surface area (Å²) in [7, 11) is 0. The minimum atomic E-state index is -4.45. The summed E-state index contributed by atoms with van der Waals surface area (Å²) in [5.74, 6) is -1.33. The molecule has 1 atom stereocenters. The fourth-order valence-corrected chi connectivity index (χ4v) is 2.50. The number of alkyl halides is 3. The van der Waals surface area contributed by atoms with Gasteiger partial charge in [0.2, 0.25) is 0 Å². The molecule has 3 rings (SSSR count). The number of hydrogen-bond acceptors (Lipinski definition) is 3. The molecule has 2 N–H and O–H groups in total. The van der Waals surface area contributed by atoms with Gasteiger partial charge in [0, 0.05) is 22.8 Å². The van der Waals surface area contributed by atoms with Crippen LogP contribution in [0.25, 0.3) is 10.9 Å². The molecule has 3 aromatic rings. The minimum absolute atomic E-state index is 0.169. The SMILES string of the molecule is C[C@@H](OC(=O)c1c[nH]c2ccccc12)C(=O)Nc1ccc(C(F)(F)F)cc1. The minimum Gasteiger partial charge on any atom is -0.449 e. The monoisotopic (exact) mass is 376 g/mol. The number of benzene rings is 2. The Kier molecular flexibility index (Phi) is 4.89. The van der Waals surface area contributed by atoms with Gasteiger partial charge >= 0.3 is 12.1 Å². The van der Waals surface area contributed by atoms with Crippen molar-refractivity contribution >= 4 is 28.5 Å². The predicted molar refractivity (Wildman–Crippen MR) is 93.2 cm³/mol. The van der Waals surface area contributed by atoms with Crippen molar-refractivity contribution in [2.45, 2.75) is 19.2 Å². The third kappa shape index (κ3) is 4.11. The van der Waals surface area contributed by atoms with E-state index in [9.17, 15) is 22.8 Å². The van der Waals surface area contributed by atoms with E-state index in [1.54, 1.807) is 18.2 Å². The van der Waals surface area contributed by atoms with Gasteiger partial charge in [-0.2, -0.15) is 13.2 Å². The summed E-state index contributed by atoms with van der Waals surface area (Å²) >= 11 is 0. The van der Waals surface area contributed by atoms with Gasteiger partial charge in [0.05, 0.1) is 11.1 Å². The van der Waals surface area contributed by atoms with Crippen LogP contribution in [0, 0.1) is 0 Å². The zero-order valence-electron chi connectivity index (χ0n) is 14.1. The molecule has 0 unspecified atom stereocenters. The average Bonchev–Trinajstić information content (AvgIpc) is 3.05. The van der Waals surface area contributed by atoms with Gasteiger partial charge in [-0.25, -0.2) is 4.79 Å². The van der Waals surface area contributed by atoms with Crippen molar-refractivity contribution in [1.82, 2.24) is 4.98 Å². The van der Waals surface area contributed by atoms with E-state index in [2.05, 4.69) is 10.3 Å². The molecule has 0 bridgehead atoms. The number of rotatable bonds is 4. The van der Waals surface area contributed by atoms with Crippen LogP contribution < -0.4 is 5.32 Å². The van der Waals surface area contributed by atoms with Gasteiger partial charge in [-0.05, 0) is 37.3 Å². The Hall–Kier alpha value is -3.29. The number of ether oxygens (including phenoxy) is 1. The molecule has 0 fully saturated rings. The predicted octanol–water partition coefficient (Wildman–Crippen LogP) is 4.37. The van der Waals surface area contributed by atoms with Crippen LogP contribution in [0.15, 0.2) is 54.7 Å². The van der Waals surface area contributed by atoms with Crippen molar-refractivity contribution in [3.05, 3.63) is 65.9 Å². The van der Waals surface area contributed by atoms with Crippen LogP contribution >= 0.6 is 0 Å². The fraction of sp³-hybridized carbons (Fsp3) is 0.158. The van der Waals surface area contributed by atoms with E-state index in [-0.39, 0.29) is 5.69 Å². The Morgan fingerprint density at radius 3 is 2.41 bits per heavy atom. The number of anilines is 1. The first-order chi connectivity index (χ1) is 12.8. The summed E-state index contributed by atoms with van der Waals surface area (Å²) < 4.78 is 42.8. The highest BCUT2D eigenvalue weighted by atomic mass is 19.4. The number of halogens is 3. The summed E-state index contributed by atoms with van der Waals surface area (Å²) in [6.45, 7) is 1.38. The third-order valence-electron chi connectivity index (χ3n) is 3.94. The van der Waals surface area contributed by atoms with Crippen LogP contribution in [0.4, 0.5) is 18.9 Å². The number of carbonyl (C=O) groups excluding carboxylic acids is 2. The lowest BCUT2D eigenvalue weighted by molar-refractivity contribution is -0.137. The van der Waals surface area contributed by atoms with Gasteiger partial charge in [0.15, 0.2) is 6.10 Å². The molecule has 0 aliphatic carbocycles. The van der Waals surface area contributed by atoms with Crippen LogP contribution in [0.2, 0.25) is 0 Å². The standard InChI is InChI=1S/C19H15F3N2O3/c1-11(17(25)24-13-8-6-12(7-9-13)19(20,21)22)27-18(26)15-10-23-16-5-3-2-4-14(15)16/h2-11,23H,1H3,(H,24,25)/t11-/m1/s1. The van der Waals surface area contributed by atoms with Gasteiger partial charge in [0.25, 0.3) is 5.91 Å². The molecule has 0 radical (unpaired) electrons. The topological polar surface area (TPSA) is 71.2 Å². The maximum atomic E-state index is 12.6. The lowest BCUT2D eigenvalue weighted by Gasteiger charge is -2.14. The lowest BCUT2D eigenvalue weighted by atomic mass is 10.2. The number of amides is 1. The van der Waals surface area contributed by atoms with Gasteiger partial charge < -0.3 is 15.0 Å². The number of hydrogen-bond donors (Lipinski definition) is 2. The molecular formula is C19H15F3N2O3. The highest BCUT2D eigenvalue weighted by molar-refractivity contribution is 6.05. The summed E-state index contributed by atoms with van der Waals surface area (Å²) in [4.78, 5) is 27.4.